The molecular formula is C14H14N6. The Morgan fingerprint density at radius 2 is 2.05 bits per heavy atom. The van der Waals surface area contributed by atoms with Crippen molar-refractivity contribution in [3.05, 3.63) is 53.9 Å². The van der Waals surface area contributed by atoms with Gasteiger partial charge in [0.15, 0.2) is 5.82 Å². The van der Waals surface area contributed by atoms with E-state index in [9.17, 15) is 0 Å². The summed E-state index contributed by atoms with van der Waals surface area (Å²) in [5.41, 5.74) is 3.28. The molecule has 0 aliphatic carbocycles. The highest BCUT2D eigenvalue weighted by atomic mass is 15.2. The van der Waals surface area contributed by atoms with Crippen LogP contribution in [0.2, 0.25) is 0 Å². The minimum Gasteiger partial charge on any atom is -0.347 e. The third-order valence-electron chi connectivity index (χ3n) is 3.59. The molecule has 3 N–H and O–H groups in total. The zero-order valence-corrected chi connectivity index (χ0v) is 10.8. The van der Waals surface area contributed by atoms with E-state index in [0.29, 0.717) is 0 Å². The summed E-state index contributed by atoms with van der Waals surface area (Å²) in [6.07, 6.45) is 2.56. The number of H-pyrrole nitrogens is 2. The van der Waals surface area contributed by atoms with Gasteiger partial charge in [-0.15, -0.1) is 0 Å². The number of nitrogens with one attached hydrogen (secondary N) is 3. The van der Waals surface area contributed by atoms with Crippen LogP contribution in [0.4, 0.5) is 0 Å². The number of aromatic amines is 2. The number of imidazole rings is 1. The molecule has 6 nitrogen and oxygen atoms in total. The normalized spacial score (nSPS) is 17.9. The number of hydrogen-bond acceptors (Lipinski definition) is 4. The highest BCUT2D eigenvalue weighted by Gasteiger charge is 2.24. The Kier molecular flexibility index (Phi) is 2.60. The fraction of sp³-hybridized carbons (Fsp3) is 0.214. The van der Waals surface area contributed by atoms with Crippen LogP contribution in [0.15, 0.2) is 36.7 Å². The Labute approximate surface area is 115 Å². The van der Waals surface area contributed by atoms with Crippen LogP contribution in [0.1, 0.15) is 23.3 Å². The lowest BCUT2D eigenvalue weighted by molar-refractivity contribution is 0.469. The minimum atomic E-state index is 0.135. The molecule has 0 bridgehead atoms. The third-order valence-corrected chi connectivity index (χ3v) is 3.59. The zero-order chi connectivity index (χ0) is 13.4. The van der Waals surface area contributed by atoms with Gasteiger partial charge in [-0.3, -0.25) is 5.10 Å². The molecule has 1 aromatic carbocycles. The summed E-state index contributed by atoms with van der Waals surface area (Å²) in [6, 6.07) is 10.1. The molecule has 100 valence electrons. The van der Waals surface area contributed by atoms with Crippen molar-refractivity contribution in [1.29, 1.82) is 0 Å². The first-order chi connectivity index (χ1) is 9.90. The van der Waals surface area contributed by atoms with Crippen LogP contribution in [-0.4, -0.2) is 25.1 Å². The van der Waals surface area contributed by atoms with E-state index < -0.39 is 0 Å². The molecule has 6 heteroatoms. The van der Waals surface area contributed by atoms with Crippen LogP contribution >= 0.6 is 0 Å². The van der Waals surface area contributed by atoms with Gasteiger partial charge in [0, 0.05) is 18.5 Å². The van der Waals surface area contributed by atoms with Crippen LogP contribution < -0.4 is 5.32 Å². The summed E-state index contributed by atoms with van der Waals surface area (Å²) in [5.74, 6) is 1.59. The second-order valence-corrected chi connectivity index (χ2v) is 4.88. The van der Waals surface area contributed by atoms with E-state index >= 15 is 0 Å². The Balaban J connectivity index is 1.60. The lowest BCUT2D eigenvalue weighted by Gasteiger charge is -2.20. The lowest BCUT2D eigenvalue weighted by Crippen LogP contribution is -2.29. The largest absolute Gasteiger partial charge is 0.347 e. The second kappa shape index (κ2) is 4.57. The van der Waals surface area contributed by atoms with Gasteiger partial charge in [-0.05, 0) is 0 Å². The molecule has 20 heavy (non-hydrogen) atoms. The molecular weight excluding hydrogens is 252 g/mol. The average molecular weight is 266 g/mol. The number of aromatic nitrogens is 5. The number of fused-ring (bicyclic) bond motifs is 1. The summed E-state index contributed by atoms with van der Waals surface area (Å²) in [6.45, 7) is 0.779. The van der Waals surface area contributed by atoms with Gasteiger partial charge >= 0.3 is 0 Å². The summed E-state index contributed by atoms with van der Waals surface area (Å²) in [7, 11) is 0. The van der Waals surface area contributed by atoms with E-state index in [1.165, 1.54) is 0 Å². The SMILES string of the molecule is c1ccc(-c2n[nH]c(C3Cc4nc[nH]c4CN3)n2)cc1. The number of rotatable bonds is 2. The summed E-state index contributed by atoms with van der Waals surface area (Å²) in [4.78, 5) is 12.1. The zero-order valence-electron chi connectivity index (χ0n) is 10.8. The third kappa shape index (κ3) is 1.90. The first-order valence-corrected chi connectivity index (χ1v) is 6.62. The van der Waals surface area contributed by atoms with Crippen LogP contribution in [0.5, 0.6) is 0 Å². The summed E-state index contributed by atoms with van der Waals surface area (Å²) >= 11 is 0. The molecule has 0 radical (unpaired) electrons. The van der Waals surface area contributed by atoms with E-state index in [0.717, 1.165) is 41.6 Å². The molecule has 1 unspecified atom stereocenters. The molecule has 1 atom stereocenters. The van der Waals surface area contributed by atoms with E-state index in [-0.39, 0.29) is 6.04 Å². The van der Waals surface area contributed by atoms with Crippen molar-refractivity contribution < 1.29 is 0 Å². The average Bonchev–Trinajstić information content (AvgIpc) is 3.16. The van der Waals surface area contributed by atoms with Gasteiger partial charge in [0.05, 0.1) is 23.8 Å². The molecule has 0 fully saturated rings. The molecule has 3 heterocycles. The molecule has 1 aliphatic heterocycles. The van der Waals surface area contributed by atoms with Gasteiger partial charge in [0.1, 0.15) is 5.82 Å². The van der Waals surface area contributed by atoms with E-state index in [4.69, 9.17) is 0 Å². The Morgan fingerprint density at radius 3 is 2.95 bits per heavy atom. The van der Waals surface area contributed by atoms with Crippen LogP contribution in [0.25, 0.3) is 11.4 Å². The molecule has 3 aromatic rings. The quantitative estimate of drug-likeness (QED) is 0.657. The maximum Gasteiger partial charge on any atom is 0.181 e. The van der Waals surface area contributed by atoms with Crippen molar-refractivity contribution in [2.75, 3.05) is 0 Å². The van der Waals surface area contributed by atoms with Gasteiger partial charge in [0.2, 0.25) is 0 Å². The highest BCUT2D eigenvalue weighted by Crippen LogP contribution is 2.23. The van der Waals surface area contributed by atoms with Gasteiger partial charge in [-0.1, -0.05) is 30.3 Å². The number of hydrogen-bond donors (Lipinski definition) is 3. The summed E-state index contributed by atoms with van der Waals surface area (Å²) in [5, 5.41) is 10.8. The topological polar surface area (TPSA) is 82.3 Å². The van der Waals surface area contributed by atoms with Crippen molar-refractivity contribution in [3.8, 4) is 11.4 Å². The molecule has 4 rings (SSSR count). The van der Waals surface area contributed by atoms with Crippen LogP contribution in [0, 0.1) is 0 Å². The van der Waals surface area contributed by atoms with Crippen molar-refractivity contribution in [2.45, 2.75) is 19.0 Å². The molecule has 0 spiro atoms. The monoisotopic (exact) mass is 266 g/mol. The Morgan fingerprint density at radius 1 is 1.15 bits per heavy atom. The lowest BCUT2D eigenvalue weighted by atomic mass is 10.1. The summed E-state index contributed by atoms with van der Waals surface area (Å²) < 4.78 is 0. The maximum atomic E-state index is 4.59. The van der Waals surface area contributed by atoms with Gasteiger partial charge in [-0.25, -0.2) is 9.97 Å². The Hall–Kier alpha value is -2.47. The fourth-order valence-corrected chi connectivity index (χ4v) is 2.51. The Bertz CT molecular complexity index is 714. The van der Waals surface area contributed by atoms with E-state index in [1.807, 2.05) is 30.3 Å². The van der Waals surface area contributed by atoms with Gasteiger partial charge in [-0.2, -0.15) is 5.10 Å². The number of nitrogens with zero attached hydrogens (tertiary/aromatic N) is 3. The number of benzene rings is 1. The molecule has 2 aromatic heterocycles. The van der Waals surface area contributed by atoms with Crippen LogP contribution in [0.3, 0.4) is 0 Å². The first kappa shape index (κ1) is 11.4. The molecule has 0 amide bonds. The van der Waals surface area contributed by atoms with Gasteiger partial charge in [0.25, 0.3) is 0 Å². The fourth-order valence-electron chi connectivity index (χ4n) is 2.51. The molecule has 0 saturated heterocycles. The predicted molar refractivity (Wildman–Crippen MR) is 73.7 cm³/mol. The van der Waals surface area contributed by atoms with Crippen molar-refractivity contribution in [3.63, 3.8) is 0 Å². The maximum absolute atomic E-state index is 4.59. The minimum absolute atomic E-state index is 0.135. The highest BCUT2D eigenvalue weighted by molar-refractivity contribution is 5.53. The van der Waals surface area contributed by atoms with Crippen LogP contribution in [-0.2, 0) is 13.0 Å². The second-order valence-electron chi connectivity index (χ2n) is 4.88. The molecule has 0 saturated carbocycles. The smallest absolute Gasteiger partial charge is 0.181 e. The predicted octanol–water partition coefficient (Wildman–Crippen LogP) is 1.58. The van der Waals surface area contributed by atoms with Gasteiger partial charge < -0.3 is 10.3 Å². The van der Waals surface area contributed by atoms with E-state index in [1.54, 1.807) is 6.33 Å². The standard InChI is InChI=1S/C14H14N6/c1-2-4-9(5-3-1)13-18-14(20-19-13)11-6-10-12(7-15-11)17-8-16-10/h1-5,8,11,15H,6-7H2,(H,16,17)(H,18,19,20). The van der Waals surface area contributed by atoms with Crippen molar-refractivity contribution in [1.82, 2.24) is 30.5 Å². The molecule has 1 aliphatic rings. The van der Waals surface area contributed by atoms with Crippen molar-refractivity contribution >= 4 is 0 Å². The van der Waals surface area contributed by atoms with Crippen molar-refractivity contribution in [2.24, 2.45) is 0 Å². The van der Waals surface area contributed by atoms with E-state index in [2.05, 4.69) is 30.5 Å². The first-order valence-electron chi connectivity index (χ1n) is 6.62.